The van der Waals surface area contributed by atoms with Gasteiger partial charge in [0.2, 0.25) is 0 Å². The van der Waals surface area contributed by atoms with Crippen molar-refractivity contribution in [3.63, 3.8) is 0 Å². The molecule has 0 fully saturated rings. The van der Waals surface area contributed by atoms with E-state index < -0.39 is 0 Å². The fraction of sp³-hybridized carbons (Fsp3) is 0.111. The molecule has 0 aromatic carbocycles. The summed E-state index contributed by atoms with van der Waals surface area (Å²) in [6.45, 7) is 9.62. The molecule has 52 valence electrons. The molecule has 0 saturated heterocycles. The van der Waals surface area contributed by atoms with E-state index in [4.69, 9.17) is 0 Å². The van der Waals surface area contributed by atoms with E-state index in [0.717, 1.165) is 5.57 Å². The highest BCUT2D eigenvalue weighted by Crippen LogP contribution is 2.22. The van der Waals surface area contributed by atoms with Gasteiger partial charge in [0.15, 0.2) is 0 Å². The lowest BCUT2D eigenvalue weighted by atomic mass is 10.1. The maximum absolute atomic E-state index is 3.87. The van der Waals surface area contributed by atoms with Gasteiger partial charge in [0.1, 0.15) is 0 Å². The lowest BCUT2D eigenvalue weighted by Gasteiger charge is -1.95. The molecule has 0 aliphatic carbocycles. The maximum atomic E-state index is 3.87. The van der Waals surface area contributed by atoms with Crippen LogP contribution in [0.4, 0.5) is 0 Å². The van der Waals surface area contributed by atoms with E-state index in [-0.39, 0.29) is 0 Å². The third-order valence-electron chi connectivity index (χ3n) is 1.45. The monoisotopic (exact) mass is 150 g/mol. The molecule has 0 spiro atoms. The van der Waals surface area contributed by atoms with Crippen LogP contribution in [0, 0.1) is 6.92 Å². The second-order valence-corrected chi connectivity index (χ2v) is 3.24. The van der Waals surface area contributed by atoms with Gasteiger partial charge in [-0.2, -0.15) is 0 Å². The summed E-state index contributed by atoms with van der Waals surface area (Å²) in [6.07, 6.45) is 1.79. The molecular weight excluding hydrogens is 140 g/mol. The number of rotatable bonds is 2. The first kappa shape index (κ1) is 7.29. The van der Waals surface area contributed by atoms with Crippen molar-refractivity contribution in [1.82, 2.24) is 0 Å². The van der Waals surface area contributed by atoms with Crippen LogP contribution >= 0.6 is 11.3 Å². The summed E-state index contributed by atoms with van der Waals surface area (Å²) < 4.78 is 0. The van der Waals surface area contributed by atoms with Crippen molar-refractivity contribution in [1.29, 1.82) is 0 Å². The molecule has 10 heavy (non-hydrogen) atoms. The van der Waals surface area contributed by atoms with Crippen LogP contribution in [0.5, 0.6) is 0 Å². The quantitative estimate of drug-likeness (QED) is 0.568. The van der Waals surface area contributed by atoms with E-state index in [1.165, 1.54) is 10.4 Å². The van der Waals surface area contributed by atoms with Gasteiger partial charge in [-0.15, -0.1) is 11.3 Å². The Morgan fingerprint density at radius 1 is 1.70 bits per heavy atom. The highest BCUT2D eigenvalue weighted by atomic mass is 32.1. The van der Waals surface area contributed by atoms with E-state index >= 15 is 0 Å². The second kappa shape index (κ2) is 2.84. The maximum Gasteiger partial charge on any atom is 0.00923 e. The van der Waals surface area contributed by atoms with Crippen LogP contribution in [0.15, 0.2) is 30.7 Å². The summed E-state index contributed by atoms with van der Waals surface area (Å²) in [7, 11) is 0. The van der Waals surface area contributed by atoms with Gasteiger partial charge in [-0.3, -0.25) is 0 Å². The third-order valence-corrected chi connectivity index (χ3v) is 2.30. The highest BCUT2D eigenvalue weighted by molar-refractivity contribution is 7.10. The van der Waals surface area contributed by atoms with Crippen molar-refractivity contribution in [3.05, 3.63) is 41.1 Å². The minimum absolute atomic E-state index is 1.01. The van der Waals surface area contributed by atoms with E-state index in [2.05, 4.69) is 31.5 Å². The van der Waals surface area contributed by atoms with Gasteiger partial charge in [0.05, 0.1) is 0 Å². The van der Waals surface area contributed by atoms with Gasteiger partial charge >= 0.3 is 0 Å². The molecule has 1 aromatic rings. The summed E-state index contributed by atoms with van der Waals surface area (Å²) >= 11 is 1.74. The highest BCUT2D eigenvalue weighted by Gasteiger charge is 1.98. The average Bonchev–Trinajstić information content (AvgIpc) is 2.34. The molecule has 0 aliphatic heterocycles. The molecule has 0 radical (unpaired) electrons. The molecule has 0 bridgehead atoms. The first-order valence-corrected chi connectivity index (χ1v) is 3.99. The zero-order valence-electron chi connectivity index (χ0n) is 6.05. The second-order valence-electron chi connectivity index (χ2n) is 2.12. The molecule has 0 aliphatic rings. The summed E-state index contributed by atoms with van der Waals surface area (Å²) in [4.78, 5) is 1.31. The fourth-order valence-electron chi connectivity index (χ4n) is 0.828. The van der Waals surface area contributed by atoms with Crippen LogP contribution in [0.3, 0.4) is 0 Å². The number of thiophene rings is 1. The molecule has 0 unspecified atom stereocenters. The Balaban J connectivity index is 3.04. The molecule has 1 heterocycles. The Bertz CT molecular complexity index is 255. The standard InChI is InChI=1S/C9H10S/c1-4-7(2)9-5-6-10-8(9)3/h4-6H,1-2H2,3H3. The van der Waals surface area contributed by atoms with E-state index in [9.17, 15) is 0 Å². The van der Waals surface area contributed by atoms with Crippen LogP contribution in [-0.4, -0.2) is 0 Å². The van der Waals surface area contributed by atoms with E-state index in [1.807, 2.05) is 0 Å². The van der Waals surface area contributed by atoms with E-state index in [1.54, 1.807) is 17.4 Å². The van der Waals surface area contributed by atoms with Gasteiger partial charge in [-0.1, -0.05) is 19.2 Å². The lowest BCUT2D eigenvalue weighted by molar-refractivity contribution is 1.58. The van der Waals surface area contributed by atoms with Gasteiger partial charge in [-0.05, 0) is 29.5 Å². The van der Waals surface area contributed by atoms with Crippen molar-refractivity contribution in [3.8, 4) is 0 Å². The first-order valence-electron chi connectivity index (χ1n) is 3.11. The fourth-order valence-corrected chi connectivity index (χ4v) is 1.56. The number of allylic oxidation sites excluding steroid dienone is 2. The average molecular weight is 150 g/mol. The Kier molecular flexibility index (Phi) is 2.07. The molecule has 0 N–H and O–H groups in total. The van der Waals surface area contributed by atoms with Crippen LogP contribution < -0.4 is 0 Å². The SMILES string of the molecule is C=CC(=C)c1ccsc1C. The molecule has 0 amide bonds. The predicted molar refractivity (Wildman–Crippen MR) is 48.3 cm³/mol. The van der Waals surface area contributed by atoms with Gasteiger partial charge in [0.25, 0.3) is 0 Å². The Hall–Kier alpha value is -0.820. The van der Waals surface area contributed by atoms with Gasteiger partial charge < -0.3 is 0 Å². The minimum Gasteiger partial charge on any atom is -0.149 e. The van der Waals surface area contributed by atoms with Crippen LogP contribution in [0.2, 0.25) is 0 Å². The van der Waals surface area contributed by atoms with Crippen molar-refractivity contribution in [2.24, 2.45) is 0 Å². The number of aryl methyl sites for hydroxylation is 1. The molecule has 0 atom stereocenters. The summed E-state index contributed by atoms with van der Waals surface area (Å²) in [5.41, 5.74) is 2.23. The van der Waals surface area contributed by atoms with Crippen LogP contribution in [-0.2, 0) is 0 Å². The largest absolute Gasteiger partial charge is 0.149 e. The van der Waals surface area contributed by atoms with Crippen LogP contribution in [0.1, 0.15) is 10.4 Å². The predicted octanol–water partition coefficient (Wildman–Crippen LogP) is 3.26. The summed E-state index contributed by atoms with van der Waals surface area (Å²) in [5, 5.41) is 2.07. The van der Waals surface area contributed by atoms with Crippen molar-refractivity contribution in [2.45, 2.75) is 6.92 Å². The zero-order chi connectivity index (χ0) is 7.56. The molecule has 1 heteroatoms. The van der Waals surface area contributed by atoms with Crippen molar-refractivity contribution in [2.75, 3.05) is 0 Å². The molecule has 1 rings (SSSR count). The van der Waals surface area contributed by atoms with Gasteiger partial charge in [-0.25, -0.2) is 0 Å². The number of hydrogen-bond acceptors (Lipinski definition) is 1. The zero-order valence-corrected chi connectivity index (χ0v) is 6.87. The topological polar surface area (TPSA) is 0 Å². The smallest absolute Gasteiger partial charge is 0.00923 e. The first-order chi connectivity index (χ1) is 4.75. The molecule has 1 aromatic heterocycles. The van der Waals surface area contributed by atoms with E-state index in [0.29, 0.717) is 0 Å². The van der Waals surface area contributed by atoms with Crippen LogP contribution in [0.25, 0.3) is 5.57 Å². The normalized spacial score (nSPS) is 9.30. The number of hydrogen-bond donors (Lipinski definition) is 0. The molecule has 0 nitrogen and oxygen atoms in total. The molecular formula is C9H10S. The van der Waals surface area contributed by atoms with Crippen molar-refractivity contribution >= 4 is 16.9 Å². The summed E-state index contributed by atoms with van der Waals surface area (Å²) in [6, 6.07) is 2.07. The molecule has 0 saturated carbocycles. The van der Waals surface area contributed by atoms with Crippen molar-refractivity contribution < 1.29 is 0 Å². The Morgan fingerprint density at radius 3 is 2.80 bits per heavy atom. The Labute approximate surface area is 65.5 Å². The third kappa shape index (κ3) is 1.19. The lowest BCUT2D eigenvalue weighted by Crippen LogP contribution is -1.74. The minimum atomic E-state index is 1.01. The van der Waals surface area contributed by atoms with Gasteiger partial charge in [0, 0.05) is 4.88 Å². The Morgan fingerprint density at radius 2 is 2.40 bits per heavy atom. The summed E-state index contributed by atoms with van der Waals surface area (Å²) in [5.74, 6) is 0.